The first-order chi connectivity index (χ1) is 38.0. The molecule has 3 atom stereocenters. The lowest BCUT2D eigenvalue weighted by molar-refractivity contribution is -0.870. The van der Waals surface area contributed by atoms with Crippen molar-refractivity contribution in [3.8, 4) is 0 Å². The highest BCUT2D eigenvalue weighted by Crippen LogP contribution is 2.38. The minimum Gasteiger partial charge on any atom is -0.756 e. The molecular weight excluding hydrogens is 984 g/mol. The molecule has 0 aromatic heterocycles. The van der Waals surface area contributed by atoms with E-state index in [2.05, 4.69) is 19.2 Å². The van der Waals surface area contributed by atoms with Gasteiger partial charge in [-0.25, -0.2) is 0 Å². The Kier molecular flexibility index (Phi) is 60.7. The highest BCUT2D eigenvalue weighted by Gasteiger charge is 2.24. The zero-order chi connectivity index (χ0) is 57.0. The van der Waals surface area contributed by atoms with E-state index in [0.717, 1.165) is 38.5 Å². The molecule has 0 rings (SSSR count). The van der Waals surface area contributed by atoms with Crippen molar-refractivity contribution in [3.63, 3.8) is 0 Å². The first-order valence-corrected chi connectivity index (χ1v) is 36.8. The maximum absolute atomic E-state index is 13.1. The van der Waals surface area contributed by atoms with E-state index < -0.39 is 20.0 Å². The lowest BCUT2D eigenvalue weighted by atomic mass is 10.0. The number of quaternary nitrogens is 1. The Hall–Kier alpha value is -0.500. The van der Waals surface area contributed by atoms with Crippen molar-refractivity contribution >= 4 is 13.7 Å². The summed E-state index contributed by atoms with van der Waals surface area (Å²) >= 11 is 0. The summed E-state index contributed by atoms with van der Waals surface area (Å²) in [5.41, 5.74) is 0. The predicted octanol–water partition coefficient (Wildman–Crippen LogP) is 21.7. The van der Waals surface area contributed by atoms with Crippen LogP contribution in [-0.4, -0.2) is 68.5 Å². The molecule has 0 bridgehead atoms. The summed E-state index contributed by atoms with van der Waals surface area (Å²) in [5.74, 6) is -0.153. The van der Waals surface area contributed by atoms with Crippen LogP contribution in [0.15, 0.2) is 0 Å². The number of aliphatic hydroxyl groups is 1. The largest absolute Gasteiger partial charge is 0.756 e. The fourth-order valence-corrected chi connectivity index (χ4v) is 12.1. The third kappa shape index (κ3) is 63.1. The number of phosphoric ester groups is 1. The van der Waals surface area contributed by atoms with E-state index in [1.165, 1.54) is 321 Å². The number of rotatable bonds is 67. The van der Waals surface area contributed by atoms with Crippen LogP contribution in [0.1, 0.15) is 386 Å². The summed E-state index contributed by atoms with van der Waals surface area (Å²) in [6.45, 7) is 4.80. The van der Waals surface area contributed by atoms with Gasteiger partial charge in [0.2, 0.25) is 5.91 Å². The standard InChI is InChI=1S/C69H141N2O6P/c1-6-8-10-12-14-16-18-20-22-24-26-28-30-32-34-36-38-40-42-44-46-48-50-52-54-56-58-60-62-68(72)67(66-77-78(74,75)76-65-64-71(3,4)5)70-69(73)63-61-59-57-55-53-51-49-47-45-43-41-39-37-35-33-31-29-27-25-23-21-19-17-15-13-11-9-7-2/h67-68,72H,6-66H2,1-5H3,(H-,70,73,74,75). The summed E-state index contributed by atoms with van der Waals surface area (Å²) in [6, 6.07) is -0.797. The van der Waals surface area contributed by atoms with Crippen LogP contribution < -0.4 is 10.2 Å². The number of aliphatic hydroxyl groups excluding tert-OH is 1. The number of likely N-dealkylation sites (N-methyl/N-ethyl adjacent to an activating group) is 1. The van der Waals surface area contributed by atoms with Gasteiger partial charge in [0.25, 0.3) is 7.82 Å². The van der Waals surface area contributed by atoms with Crippen LogP contribution in [0, 0.1) is 0 Å². The first kappa shape index (κ1) is 77.5. The SMILES string of the molecule is CCCCCCCCCCCCCCCCCCCCCCCCCCCCCCC(=O)NC(COP(=O)([O-])OCC[N+](C)(C)C)C(O)CCCCCCCCCCCCCCCCCCCCCCCCCCCCCC. The van der Waals surface area contributed by atoms with Crippen LogP contribution in [0.4, 0.5) is 0 Å². The van der Waals surface area contributed by atoms with Gasteiger partial charge in [0.15, 0.2) is 0 Å². The number of hydrogen-bond donors (Lipinski definition) is 2. The second kappa shape index (κ2) is 61.1. The number of carbonyl (C=O) groups is 1. The molecule has 0 aliphatic rings. The maximum atomic E-state index is 13.1. The number of nitrogens with zero attached hydrogens (tertiary/aromatic N) is 1. The summed E-state index contributed by atoms with van der Waals surface area (Å²) in [4.78, 5) is 25.7. The molecule has 0 fully saturated rings. The Labute approximate surface area is 489 Å². The van der Waals surface area contributed by atoms with Gasteiger partial charge in [-0.15, -0.1) is 0 Å². The molecule has 9 heteroatoms. The van der Waals surface area contributed by atoms with Gasteiger partial charge in [-0.2, -0.15) is 0 Å². The van der Waals surface area contributed by atoms with E-state index in [1.807, 2.05) is 21.1 Å². The Morgan fingerprint density at radius 2 is 0.628 bits per heavy atom. The minimum absolute atomic E-state index is 0.0170. The van der Waals surface area contributed by atoms with Gasteiger partial charge in [0.1, 0.15) is 13.2 Å². The third-order valence-corrected chi connectivity index (χ3v) is 17.8. The smallest absolute Gasteiger partial charge is 0.268 e. The first-order valence-electron chi connectivity index (χ1n) is 35.4. The molecule has 0 spiro atoms. The van der Waals surface area contributed by atoms with Gasteiger partial charge in [0, 0.05) is 6.42 Å². The summed E-state index contributed by atoms with van der Waals surface area (Å²) in [7, 11) is 1.33. The molecule has 0 aromatic rings. The van der Waals surface area contributed by atoms with Gasteiger partial charge in [-0.3, -0.25) is 9.36 Å². The number of carbonyl (C=O) groups excluding carboxylic acids is 1. The van der Waals surface area contributed by atoms with E-state index in [4.69, 9.17) is 9.05 Å². The molecule has 3 unspecified atom stereocenters. The molecule has 0 radical (unpaired) electrons. The fourth-order valence-electron chi connectivity index (χ4n) is 11.3. The van der Waals surface area contributed by atoms with Gasteiger partial charge < -0.3 is 28.8 Å². The molecule has 1 amide bonds. The second-order valence-corrected chi connectivity index (χ2v) is 27.4. The Morgan fingerprint density at radius 3 is 0.872 bits per heavy atom. The van der Waals surface area contributed by atoms with Crippen LogP contribution >= 0.6 is 7.82 Å². The van der Waals surface area contributed by atoms with Gasteiger partial charge in [0.05, 0.1) is 39.9 Å². The molecular formula is C69H141N2O6P. The fraction of sp³-hybridized carbons (Fsp3) is 0.986. The average molecular weight is 1130 g/mol. The van der Waals surface area contributed by atoms with E-state index >= 15 is 0 Å². The van der Waals surface area contributed by atoms with Crippen LogP contribution in [0.2, 0.25) is 0 Å². The van der Waals surface area contributed by atoms with Crippen LogP contribution in [0.3, 0.4) is 0 Å². The summed E-state index contributed by atoms with van der Waals surface area (Å²) in [5, 5.41) is 14.1. The normalized spacial score (nSPS) is 13.6. The van der Waals surface area contributed by atoms with E-state index in [-0.39, 0.29) is 19.1 Å². The zero-order valence-corrected chi connectivity index (χ0v) is 54.6. The van der Waals surface area contributed by atoms with E-state index in [0.29, 0.717) is 23.9 Å². The predicted molar refractivity (Wildman–Crippen MR) is 339 cm³/mol. The lowest BCUT2D eigenvalue weighted by Gasteiger charge is -2.30. The Bertz CT molecular complexity index is 1230. The number of amides is 1. The highest BCUT2D eigenvalue weighted by atomic mass is 31.2. The zero-order valence-electron chi connectivity index (χ0n) is 53.7. The van der Waals surface area contributed by atoms with Crippen molar-refractivity contribution in [1.29, 1.82) is 0 Å². The van der Waals surface area contributed by atoms with Crippen molar-refractivity contribution in [2.75, 3.05) is 40.9 Å². The average Bonchev–Trinajstić information content (AvgIpc) is 3.41. The van der Waals surface area contributed by atoms with Gasteiger partial charge in [-0.05, 0) is 12.8 Å². The van der Waals surface area contributed by atoms with Crippen LogP contribution in [0.25, 0.3) is 0 Å². The molecule has 0 aromatic carbocycles. The molecule has 8 nitrogen and oxygen atoms in total. The Morgan fingerprint density at radius 1 is 0.397 bits per heavy atom. The van der Waals surface area contributed by atoms with Crippen molar-refractivity contribution in [1.82, 2.24) is 5.32 Å². The quantitative estimate of drug-likeness (QED) is 0.0357. The van der Waals surface area contributed by atoms with Crippen molar-refractivity contribution in [2.45, 2.75) is 398 Å². The molecule has 2 N–H and O–H groups in total. The van der Waals surface area contributed by atoms with E-state index in [9.17, 15) is 19.4 Å². The third-order valence-electron chi connectivity index (χ3n) is 16.8. The molecule has 0 saturated heterocycles. The van der Waals surface area contributed by atoms with Gasteiger partial charge in [-0.1, -0.05) is 367 Å². The van der Waals surface area contributed by atoms with Crippen molar-refractivity contribution < 1.29 is 32.9 Å². The summed E-state index contributed by atoms with van der Waals surface area (Å²) < 4.78 is 23.5. The molecule has 468 valence electrons. The molecule has 78 heavy (non-hydrogen) atoms. The monoisotopic (exact) mass is 1130 g/mol. The molecule has 0 heterocycles. The lowest BCUT2D eigenvalue weighted by Crippen LogP contribution is -2.46. The van der Waals surface area contributed by atoms with Gasteiger partial charge >= 0.3 is 0 Å². The topological polar surface area (TPSA) is 108 Å². The number of unbranched alkanes of at least 4 members (excludes halogenated alkanes) is 54. The number of nitrogens with one attached hydrogen (secondary N) is 1. The molecule has 0 saturated carbocycles. The van der Waals surface area contributed by atoms with Crippen LogP contribution in [0.5, 0.6) is 0 Å². The Balaban J connectivity index is 3.98. The highest BCUT2D eigenvalue weighted by molar-refractivity contribution is 7.45. The van der Waals surface area contributed by atoms with Crippen LogP contribution in [-0.2, 0) is 18.4 Å². The second-order valence-electron chi connectivity index (χ2n) is 26.0. The van der Waals surface area contributed by atoms with Crippen molar-refractivity contribution in [3.05, 3.63) is 0 Å². The summed E-state index contributed by atoms with van der Waals surface area (Å²) in [6.07, 6.45) is 76.1. The number of phosphoric acid groups is 1. The van der Waals surface area contributed by atoms with E-state index in [1.54, 1.807) is 0 Å². The molecule has 0 aliphatic carbocycles. The minimum atomic E-state index is -4.58. The maximum Gasteiger partial charge on any atom is 0.268 e. The number of hydrogen-bond acceptors (Lipinski definition) is 6. The molecule has 0 aliphatic heterocycles. The van der Waals surface area contributed by atoms with Crippen molar-refractivity contribution in [2.24, 2.45) is 0 Å².